The number of aliphatic hydroxyl groups is 3. The molecule has 5 aliphatic rings. The Balaban J connectivity index is 0.000000117. The number of nitrogens with one attached hydrogen (secondary N) is 3. The number of H-pyrrole nitrogens is 3. The zero-order chi connectivity index (χ0) is 75.7. The molecular weight excluding hydrogens is 1420 g/mol. The number of hydrogen-bond donors (Lipinski definition) is 6. The fourth-order valence-corrected chi connectivity index (χ4v) is 17.0. The van der Waals surface area contributed by atoms with Gasteiger partial charge < -0.3 is 53.0 Å². The first kappa shape index (κ1) is 71.0. The fourth-order valence-electron chi connectivity index (χ4n) is 17.0. The number of halogens is 3. The van der Waals surface area contributed by atoms with Crippen LogP contribution in [0.3, 0.4) is 0 Å². The number of carbonyl (C=O) groups excluding carboxylic acids is 2. The smallest absolute Gasteiger partial charge is 0.251 e. The van der Waals surface area contributed by atoms with Crippen LogP contribution < -0.4 is 0 Å². The van der Waals surface area contributed by atoms with E-state index in [1.165, 1.54) is 67.3 Å². The second-order valence-corrected chi connectivity index (χ2v) is 29.6. The van der Waals surface area contributed by atoms with Crippen LogP contribution in [0.2, 0.25) is 0 Å². The molecule has 0 spiro atoms. The molecule has 0 unspecified atom stereocenters. The summed E-state index contributed by atoms with van der Waals surface area (Å²) in [4.78, 5) is 32.0. The minimum Gasteiger partial charge on any atom is -0.390 e. The Kier molecular flexibility index (Phi) is 19.0. The van der Waals surface area contributed by atoms with Gasteiger partial charge in [0, 0.05) is 202 Å². The number of rotatable bonds is 14. The van der Waals surface area contributed by atoms with Gasteiger partial charge in [-0.2, -0.15) is 25.5 Å². The van der Waals surface area contributed by atoms with Gasteiger partial charge in [-0.3, -0.25) is 39.2 Å². The predicted octanol–water partition coefficient (Wildman–Crippen LogP) is 13.4. The van der Waals surface area contributed by atoms with Crippen LogP contribution in [-0.4, -0.2) is 184 Å². The Labute approximate surface area is 633 Å². The number of likely N-dealkylation sites (tertiary alicyclic amines) is 2. The van der Waals surface area contributed by atoms with Gasteiger partial charge in [-0.25, -0.2) is 13.2 Å². The molecule has 24 nitrogen and oxygen atoms in total. The van der Waals surface area contributed by atoms with Crippen molar-refractivity contribution in [2.45, 2.75) is 101 Å². The summed E-state index contributed by atoms with van der Waals surface area (Å²) in [7, 11) is 0. The predicted molar refractivity (Wildman–Crippen MR) is 413 cm³/mol. The third-order valence-corrected chi connectivity index (χ3v) is 22.6. The van der Waals surface area contributed by atoms with E-state index in [4.69, 9.17) is 24.4 Å². The van der Waals surface area contributed by atoms with Crippen molar-refractivity contribution in [2.24, 2.45) is 0 Å². The zero-order valence-corrected chi connectivity index (χ0v) is 61.1. The highest BCUT2D eigenvalue weighted by Crippen LogP contribution is 2.49. The average Bonchev–Trinajstić information content (AvgIpc) is 1.58. The van der Waals surface area contributed by atoms with Gasteiger partial charge in [0.25, 0.3) is 11.8 Å². The van der Waals surface area contributed by atoms with Crippen molar-refractivity contribution in [3.63, 3.8) is 0 Å². The lowest BCUT2D eigenvalue weighted by Gasteiger charge is -2.39. The summed E-state index contributed by atoms with van der Waals surface area (Å²) in [6.07, 6.45) is 18.5. The van der Waals surface area contributed by atoms with Crippen LogP contribution in [-0.2, 0) is 30.4 Å². The first-order valence-electron chi connectivity index (χ1n) is 37.8. The summed E-state index contributed by atoms with van der Waals surface area (Å²) in [6, 6.07) is 36.8. The maximum atomic E-state index is 14.0. The molecule has 15 aromatic rings. The maximum absolute atomic E-state index is 14.0. The summed E-state index contributed by atoms with van der Waals surface area (Å²) in [5.41, 5.74) is 19.0. The highest BCUT2D eigenvalue weighted by atomic mass is 19.1. The lowest BCUT2D eigenvalue weighted by Crippen LogP contribution is -2.53. The number of hydrogen-bond acceptors (Lipinski definition) is 14. The minimum absolute atomic E-state index is 0.0535. The van der Waals surface area contributed by atoms with E-state index in [1.54, 1.807) is 9.80 Å². The third kappa shape index (κ3) is 13.3. The summed E-state index contributed by atoms with van der Waals surface area (Å²) in [5, 5.41) is 66.4. The number of ether oxygens (including phenoxy) is 3. The molecule has 20 rings (SSSR count). The van der Waals surface area contributed by atoms with E-state index in [2.05, 4.69) is 98.1 Å². The number of aromatic nitrogens is 14. The molecule has 5 saturated heterocycles. The van der Waals surface area contributed by atoms with Crippen LogP contribution in [0.5, 0.6) is 0 Å². The van der Waals surface area contributed by atoms with Crippen molar-refractivity contribution in [1.29, 1.82) is 0 Å². The van der Waals surface area contributed by atoms with Crippen LogP contribution in [0.1, 0.15) is 105 Å². The normalized spacial score (nSPS) is 16.9. The molecule has 0 saturated carbocycles. The molecule has 6 aromatic carbocycles. The molecule has 2 amide bonds. The first-order chi connectivity index (χ1) is 54.2. The van der Waals surface area contributed by atoms with Gasteiger partial charge in [0.05, 0.1) is 88.5 Å². The third-order valence-electron chi connectivity index (χ3n) is 22.6. The summed E-state index contributed by atoms with van der Waals surface area (Å²) in [5.74, 6) is -0.555. The second kappa shape index (κ2) is 29.7. The molecular formula is C84H81F3N16O8. The summed E-state index contributed by atoms with van der Waals surface area (Å²) in [6.45, 7) is 9.13. The second-order valence-electron chi connectivity index (χ2n) is 29.6. The molecule has 0 aliphatic carbocycles. The van der Waals surface area contributed by atoms with Crippen LogP contribution in [0.4, 0.5) is 13.2 Å². The molecule has 9 aromatic heterocycles. The van der Waals surface area contributed by atoms with Gasteiger partial charge in [0.2, 0.25) is 0 Å². The Morgan fingerprint density at radius 1 is 0.450 bits per heavy atom. The van der Waals surface area contributed by atoms with Gasteiger partial charge in [0.1, 0.15) is 29.7 Å². The number of carbonyl (C=O) groups is 2. The van der Waals surface area contributed by atoms with E-state index in [-0.39, 0.29) is 65.7 Å². The average molecular weight is 1500 g/mol. The Morgan fingerprint density at radius 3 is 1.09 bits per heavy atom. The van der Waals surface area contributed by atoms with Gasteiger partial charge in [-0.1, -0.05) is 6.07 Å². The molecule has 14 heterocycles. The molecule has 2 atom stereocenters. The van der Waals surface area contributed by atoms with E-state index in [0.29, 0.717) is 71.5 Å². The number of nitrogens with zero attached hydrogens (tertiary/aromatic N) is 13. The number of pyridine rings is 1. The largest absolute Gasteiger partial charge is 0.390 e. The fraction of sp³-hybridized carbons (Fsp3) is 0.310. The van der Waals surface area contributed by atoms with Crippen molar-refractivity contribution < 1.29 is 52.3 Å². The molecule has 5 aliphatic heterocycles. The molecule has 111 heavy (non-hydrogen) atoms. The Morgan fingerprint density at radius 2 is 0.784 bits per heavy atom. The number of fused-ring (bicyclic) bond motifs is 6. The Bertz CT molecular complexity index is 5670. The van der Waals surface area contributed by atoms with Crippen molar-refractivity contribution in [3.05, 3.63) is 211 Å². The standard InChI is InChI=1S/2C29H29FN6O3.C26H23FN4O2/c2*1-17(37)29(38)34-15-23(16-34)35-14-20(13-32-35)27-24-11-25-19(12-31-33-25)10-26(24)36(22-4-2-21(30)3-5-22)28(27)18-6-8-39-9-7-18;27-19-2-5-21(6-3-19)31-24-11-18-14-29-30-23(18)12-22(24)25(17-1-4-20(15-32)28-13-17)26(31)16-7-9-33-10-8-16/h2*2-5,10-14,17-18,23,37H,6-9,15-16H2,1H3,(H,31,33);1-6,11-14,16,32H,7-10,15H2,(H,29,30)/t2*17-;/m10./s1. The van der Waals surface area contributed by atoms with Crippen molar-refractivity contribution in [2.75, 3.05) is 65.8 Å². The van der Waals surface area contributed by atoms with Crippen molar-refractivity contribution >= 4 is 77.2 Å². The van der Waals surface area contributed by atoms with Crippen LogP contribution >= 0.6 is 0 Å². The van der Waals surface area contributed by atoms with E-state index in [9.17, 15) is 38.1 Å². The molecule has 566 valence electrons. The number of amides is 2. The summed E-state index contributed by atoms with van der Waals surface area (Å²) < 4.78 is 69.5. The molecule has 6 N–H and O–H groups in total. The number of aliphatic hydroxyl groups excluding tert-OH is 3. The lowest BCUT2D eigenvalue weighted by molar-refractivity contribution is -0.145. The summed E-state index contributed by atoms with van der Waals surface area (Å²) >= 11 is 0. The molecule has 0 radical (unpaired) electrons. The van der Waals surface area contributed by atoms with E-state index < -0.39 is 12.2 Å². The van der Waals surface area contributed by atoms with Gasteiger partial charge >= 0.3 is 0 Å². The maximum Gasteiger partial charge on any atom is 0.251 e. The van der Waals surface area contributed by atoms with Gasteiger partial charge in [-0.05, 0) is 168 Å². The number of benzene rings is 6. The van der Waals surface area contributed by atoms with Crippen LogP contribution in [0.15, 0.2) is 171 Å². The first-order valence-corrected chi connectivity index (χ1v) is 37.8. The topological polar surface area (TPSA) is 278 Å². The monoisotopic (exact) mass is 1500 g/mol. The molecule has 27 heteroatoms. The van der Waals surface area contributed by atoms with Gasteiger partial charge in [-0.15, -0.1) is 0 Å². The van der Waals surface area contributed by atoms with Crippen molar-refractivity contribution in [3.8, 4) is 50.4 Å². The molecule has 0 bridgehead atoms. The number of aromatic amines is 3. The minimum atomic E-state index is -1.00. The highest BCUT2D eigenvalue weighted by molar-refractivity contribution is 6.08. The molecule has 5 fully saturated rings. The van der Waals surface area contributed by atoms with E-state index >= 15 is 0 Å². The van der Waals surface area contributed by atoms with Gasteiger partial charge in [0.15, 0.2) is 0 Å². The van der Waals surface area contributed by atoms with Crippen LogP contribution in [0.25, 0.3) is 116 Å². The highest BCUT2D eigenvalue weighted by Gasteiger charge is 2.38. The SMILES string of the molecule is C[C@@H](O)C(=O)N1CC(n2cc(-c3c(C4CCOCC4)n(-c4ccc(F)cc4)c4cc5cn[nH]c5cc34)cn2)C1.C[C@H](O)C(=O)N1CC(n2cc(-c3c(C4CCOCC4)n(-c4ccc(F)cc4)c4cc5cn[nH]c5cc34)cn2)C1.OCc1ccc(-c2c(C3CCOCC3)n(-c3ccc(F)cc3)c3cc4cn[nH]c4cc23)cn1. The van der Waals surface area contributed by atoms with E-state index in [0.717, 1.165) is 154 Å². The zero-order valence-electron chi connectivity index (χ0n) is 61.1. The Hall–Kier alpha value is -11.6. The quantitative estimate of drug-likeness (QED) is 0.0591. The van der Waals surface area contributed by atoms with Crippen LogP contribution in [0, 0.1) is 17.5 Å². The van der Waals surface area contributed by atoms with E-state index in [1.807, 2.05) is 95.1 Å². The lowest BCUT2D eigenvalue weighted by atomic mass is 9.90. The van der Waals surface area contributed by atoms with Crippen molar-refractivity contribution in [1.82, 2.24) is 78.6 Å².